The highest BCUT2D eigenvalue weighted by Crippen LogP contribution is 2.30. The van der Waals surface area contributed by atoms with Crippen LogP contribution < -0.4 is 9.47 Å². The Kier molecular flexibility index (Phi) is 4.71. The van der Waals surface area contributed by atoms with Gasteiger partial charge in [-0.3, -0.25) is 0 Å². The lowest BCUT2D eigenvalue weighted by atomic mass is 10.1. The maximum atomic E-state index is 9.63. The van der Waals surface area contributed by atoms with Crippen molar-refractivity contribution in [2.75, 3.05) is 13.7 Å². The summed E-state index contributed by atoms with van der Waals surface area (Å²) in [4.78, 5) is 4.59. The molecule has 126 valence electrons. The maximum absolute atomic E-state index is 9.63. The molecule has 0 unspecified atom stereocenters. The normalized spacial score (nSPS) is 11.4. The molecule has 0 aliphatic rings. The highest BCUT2D eigenvalue weighted by atomic mass is 16.5. The first kappa shape index (κ1) is 16.6. The minimum Gasteiger partial charge on any atom is -0.493 e. The number of allylic oxidation sites excluding steroid dienone is 1. The first-order valence-corrected chi connectivity index (χ1v) is 8.02. The largest absolute Gasteiger partial charge is 0.493 e. The summed E-state index contributed by atoms with van der Waals surface area (Å²) in [5.74, 6) is 1.96. The number of methoxy groups -OCH3 is 1. The second kappa shape index (κ2) is 7.10. The predicted molar refractivity (Wildman–Crippen MR) is 98.4 cm³/mol. The van der Waals surface area contributed by atoms with E-state index in [9.17, 15) is 5.26 Å². The third-order valence-corrected chi connectivity index (χ3v) is 3.95. The van der Waals surface area contributed by atoms with Crippen LogP contribution in [0.15, 0.2) is 42.5 Å². The van der Waals surface area contributed by atoms with Crippen molar-refractivity contribution in [3.8, 4) is 17.6 Å². The minimum atomic E-state index is 0.491. The van der Waals surface area contributed by atoms with E-state index < -0.39 is 0 Å². The van der Waals surface area contributed by atoms with Gasteiger partial charge in [0.05, 0.1) is 30.3 Å². The number of imidazole rings is 1. The van der Waals surface area contributed by atoms with Crippen LogP contribution in [0.4, 0.5) is 0 Å². The van der Waals surface area contributed by atoms with Crippen molar-refractivity contribution < 1.29 is 9.47 Å². The smallest absolute Gasteiger partial charge is 0.161 e. The topological polar surface area (TPSA) is 60.1 Å². The van der Waals surface area contributed by atoms with Gasteiger partial charge in [0.15, 0.2) is 17.3 Å². The molecule has 3 aromatic rings. The molecule has 0 saturated carbocycles. The van der Waals surface area contributed by atoms with Crippen molar-refractivity contribution in [2.24, 2.45) is 7.05 Å². The molecule has 0 aliphatic carbocycles. The van der Waals surface area contributed by atoms with Crippen LogP contribution in [0.1, 0.15) is 18.3 Å². The van der Waals surface area contributed by atoms with Gasteiger partial charge in [-0.15, -0.1) is 0 Å². The van der Waals surface area contributed by atoms with E-state index in [2.05, 4.69) is 11.1 Å². The summed E-state index contributed by atoms with van der Waals surface area (Å²) in [5.41, 5.74) is 3.20. The number of benzene rings is 2. The standard InChI is InChI=1S/C20H19N3O2/c1-4-25-18-10-9-14(12-19(18)24-3)11-15(13-21)20-22-16-7-5-6-8-17(16)23(20)2/h5-12H,4H2,1-3H3. The summed E-state index contributed by atoms with van der Waals surface area (Å²) in [7, 11) is 3.51. The molecule has 0 spiro atoms. The zero-order valence-corrected chi connectivity index (χ0v) is 14.5. The molecule has 3 rings (SSSR count). The van der Waals surface area contributed by atoms with Crippen molar-refractivity contribution in [3.63, 3.8) is 0 Å². The number of ether oxygens (including phenoxy) is 2. The number of aromatic nitrogens is 2. The molecule has 0 N–H and O–H groups in total. The number of nitriles is 1. The molecule has 5 heteroatoms. The molecular formula is C20H19N3O2. The fraction of sp³-hybridized carbons (Fsp3) is 0.200. The monoisotopic (exact) mass is 333 g/mol. The number of para-hydroxylation sites is 2. The Hall–Kier alpha value is -3.26. The molecule has 0 amide bonds. The van der Waals surface area contributed by atoms with Crippen LogP contribution in [0.2, 0.25) is 0 Å². The van der Waals surface area contributed by atoms with Gasteiger partial charge >= 0.3 is 0 Å². The lowest BCUT2D eigenvalue weighted by Gasteiger charge is -2.09. The molecule has 0 fully saturated rings. The summed E-state index contributed by atoms with van der Waals surface area (Å²) in [6, 6.07) is 15.7. The van der Waals surface area contributed by atoms with Crippen LogP contribution in [-0.2, 0) is 7.05 Å². The van der Waals surface area contributed by atoms with Gasteiger partial charge in [0.2, 0.25) is 0 Å². The van der Waals surface area contributed by atoms with Crippen LogP contribution in [0, 0.1) is 11.3 Å². The third kappa shape index (κ3) is 3.20. The molecular weight excluding hydrogens is 314 g/mol. The van der Waals surface area contributed by atoms with Gasteiger partial charge in [0.1, 0.15) is 6.07 Å². The first-order chi connectivity index (χ1) is 12.2. The first-order valence-electron chi connectivity index (χ1n) is 8.02. The number of fused-ring (bicyclic) bond motifs is 1. The summed E-state index contributed by atoms with van der Waals surface area (Å²) in [5, 5.41) is 9.63. The third-order valence-electron chi connectivity index (χ3n) is 3.95. The number of hydrogen-bond acceptors (Lipinski definition) is 4. The Labute approximate surface area is 146 Å². The van der Waals surface area contributed by atoms with E-state index >= 15 is 0 Å². The van der Waals surface area contributed by atoms with Crippen molar-refractivity contribution in [2.45, 2.75) is 6.92 Å². The molecule has 0 saturated heterocycles. The van der Waals surface area contributed by atoms with Crippen molar-refractivity contribution in [3.05, 3.63) is 53.9 Å². The average Bonchev–Trinajstić information content (AvgIpc) is 2.98. The molecule has 0 radical (unpaired) electrons. The summed E-state index contributed by atoms with van der Waals surface area (Å²) >= 11 is 0. The van der Waals surface area contributed by atoms with Crippen LogP contribution >= 0.6 is 0 Å². The molecule has 1 heterocycles. The van der Waals surface area contributed by atoms with Crippen LogP contribution in [-0.4, -0.2) is 23.3 Å². The quantitative estimate of drug-likeness (QED) is 0.661. The van der Waals surface area contributed by atoms with E-state index in [4.69, 9.17) is 9.47 Å². The second-order valence-corrected chi connectivity index (χ2v) is 5.50. The molecule has 0 atom stereocenters. The van der Waals surface area contributed by atoms with Crippen LogP contribution in [0.5, 0.6) is 11.5 Å². The Balaban J connectivity index is 2.06. The number of nitrogens with zero attached hydrogens (tertiary/aromatic N) is 3. The molecule has 0 aliphatic heterocycles. The summed E-state index contributed by atoms with van der Waals surface area (Å²) in [6.45, 7) is 2.49. The molecule has 0 bridgehead atoms. The van der Waals surface area contributed by atoms with Crippen LogP contribution in [0.3, 0.4) is 0 Å². The van der Waals surface area contributed by atoms with Crippen molar-refractivity contribution in [1.82, 2.24) is 9.55 Å². The fourth-order valence-electron chi connectivity index (χ4n) is 2.75. The van der Waals surface area contributed by atoms with E-state index in [-0.39, 0.29) is 0 Å². The Morgan fingerprint density at radius 2 is 2.04 bits per heavy atom. The molecule has 1 aromatic heterocycles. The van der Waals surface area contributed by atoms with Gasteiger partial charge in [0, 0.05) is 7.05 Å². The lowest BCUT2D eigenvalue weighted by Crippen LogP contribution is -1.97. The second-order valence-electron chi connectivity index (χ2n) is 5.50. The van der Waals surface area contributed by atoms with Gasteiger partial charge in [0.25, 0.3) is 0 Å². The van der Waals surface area contributed by atoms with Gasteiger partial charge in [-0.2, -0.15) is 5.26 Å². The van der Waals surface area contributed by atoms with Crippen molar-refractivity contribution in [1.29, 1.82) is 5.26 Å². The van der Waals surface area contributed by atoms with Gasteiger partial charge in [-0.25, -0.2) is 4.98 Å². The summed E-state index contributed by atoms with van der Waals surface area (Å²) in [6.07, 6.45) is 1.81. The predicted octanol–water partition coefficient (Wildman–Crippen LogP) is 4.04. The summed E-state index contributed by atoms with van der Waals surface area (Å²) < 4.78 is 12.8. The zero-order chi connectivity index (χ0) is 17.8. The highest BCUT2D eigenvalue weighted by Gasteiger charge is 2.12. The Morgan fingerprint density at radius 1 is 1.24 bits per heavy atom. The molecule has 25 heavy (non-hydrogen) atoms. The zero-order valence-electron chi connectivity index (χ0n) is 14.5. The van der Waals surface area contributed by atoms with E-state index in [1.54, 1.807) is 13.2 Å². The van der Waals surface area contributed by atoms with E-state index in [1.165, 1.54) is 0 Å². The van der Waals surface area contributed by atoms with Crippen LogP contribution in [0.25, 0.3) is 22.7 Å². The highest BCUT2D eigenvalue weighted by molar-refractivity contribution is 5.91. The molecule has 2 aromatic carbocycles. The fourth-order valence-corrected chi connectivity index (χ4v) is 2.75. The Morgan fingerprint density at radius 3 is 2.72 bits per heavy atom. The van der Waals surface area contributed by atoms with Gasteiger partial charge in [-0.05, 0) is 42.8 Å². The number of hydrogen-bond donors (Lipinski definition) is 0. The number of aryl methyl sites for hydroxylation is 1. The van der Waals surface area contributed by atoms with Gasteiger partial charge < -0.3 is 14.0 Å². The SMILES string of the molecule is CCOc1ccc(C=C(C#N)c2nc3ccccc3n2C)cc1OC. The lowest BCUT2D eigenvalue weighted by molar-refractivity contribution is 0.311. The van der Waals surface area contributed by atoms with Gasteiger partial charge in [-0.1, -0.05) is 18.2 Å². The number of rotatable bonds is 5. The minimum absolute atomic E-state index is 0.491. The van der Waals surface area contributed by atoms with E-state index in [0.717, 1.165) is 16.6 Å². The Bertz CT molecular complexity index is 980. The average molecular weight is 333 g/mol. The molecule has 5 nitrogen and oxygen atoms in total. The maximum Gasteiger partial charge on any atom is 0.161 e. The van der Waals surface area contributed by atoms with E-state index in [0.29, 0.717) is 29.5 Å². The van der Waals surface area contributed by atoms with Crippen molar-refractivity contribution >= 4 is 22.7 Å². The van der Waals surface area contributed by atoms with E-state index in [1.807, 2.05) is 61.0 Å².